The summed E-state index contributed by atoms with van der Waals surface area (Å²) in [5, 5.41) is 15.8. The fraction of sp³-hybridized carbons (Fsp3) is 0.333. The largest absolute Gasteiger partial charge is 0.507 e. The summed E-state index contributed by atoms with van der Waals surface area (Å²) in [6, 6.07) is 13.9. The van der Waals surface area contributed by atoms with E-state index >= 15 is 0 Å². The summed E-state index contributed by atoms with van der Waals surface area (Å²) >= 11 is 1.83. The number of aromatic hydroxyl groups is 1. The molecule has 1 aromatic carbocycles. The van der Waals surface area contributed by atoms with E-state index in [1.54, 1.807) is 12.1 Å². The molecule has 0 saturated carbocycles. The number of thiophene rings is 1. The number of benzene rings is 1. The molecule has 4 rings (SSSR count). The molecule has 0 unspecified atom stereocenters. The van der Waals surface area contributed by atoms with Gasteiger partial charge in [0.2, 0.25) is 0 Å². The number of phenols is 1. The van der Waals surface area contributed by atoms with Gasteiger partial charge in [-0.25, -0.2) is 9.97 Å². The molecule has 1 aliphatic heterocycles. The number of para-hydroxylation sites is 1. The van der Waals surface area contributed by atoms with E-state index < -0.39 is 0 Å². The molecule has 0 amide bonds. The van der Waals surface area contributed by atoms with E-state index in [1.165, 1.54) is 4.88 Å². The summed E-state index contributed by atoms with van der Waals surface area (Å²) in [5.74, 6) is 1.60. The molecular weight excluding hydrogens is 356 g/mol. The van der Waals surface area contributed by atoms with Crippen molar-refractivity contribution >= 4 is 17.2 Å². The molecule has 2 N–H and O–H groups in total. The summed E-state index contributed by atoms with van der Waals surface area (Å²) < 4.78 is 0. The molecule has 1 saturated heterocycles. The highest BCUT2D eigenvalue weighted by Gasteiger charge is 2.20. The average Bonchev–Trinajstić information content (AvgIpc) is 3.16. The summed E-state index contributed by atoms with van der Waals surface area (Å²) in [4.78, 5) is 13.1. The lowest BCUT2D eigenvalue weighted by molar-refractivity contribution is 0.213. The minimum Gasteiger partial charge on any atom is -0.507 e. The molecule has 2 aromatic heterocycles. The predicted molar refractivity (Wildman–Crippen MR) is 110 cm³/mol. The van der Waals surface area contributed by atoms with E-state index in [0.29, 0.717) is 17.4 Å². The van der Waals surface area contributed by atoms with Gasteiger partial charge < -0.3 is 10.4 Å². The summed E-state index contributed by atoms with van der Waals surface area (Å²) in [5.41, 5.74) is 1.55. The second kappa shape index (κ2) is 8.06. The van der Waals surface area contributed by atoms with Crippen LogP contribution in [-0.4, -0.2) is 39.1 Å². The zero-order valence-corrected chi connectivity index (χ0v) is 16.2. The Hall–Kier alpha value is -2.44. The number of nitrogens with one attached hydrogen (secondary N) is 1. The van der Waals surface area contributed by atoms with Crippen molar-refractivity contribution in [3.05, 3.63) is 58.4 Å². The first-order valence-electron chi connectivity index (χ1n) is 9.33. The van der Waals surface area contributed by atoms with Crippen molar-refractivity contribution in [1.29, 1.82) is 0 Å². The molecule has 1 aliphatic rings. The van der Waals surface area contributed by atoms with Crippen LogP contribution in [0, 0.1) is 6.92 Å². The van der Waals surface area contributed by atoms with Crippen LogP contribution in [-0.2, 0) is 6.54 Å². The predicted octanol–water partition coefficient (Wildman–Crippen LogP) is 4.30. The molecule has 0 spiro atoms. The molecule has 5 nitrogen and oxygen atoms in total. The van der Waals surface area contributed by atoms with Gasteiger partial charge in [0.15, 0.2) is 5.82 Å². The second-order valence-corrected chi connectivity index (χ2v) is 8.04. The molecule has 0 radical (unpaired) electrons. The molecule has 0 aliphatic carbocycles. The molecule has 3 heterocycles. The van der Waals surface area contributed by atoms with Gasteiger partial charge in [0.1, 0.15) is 11.6 Å². The van der Waals surface area contributed by atoms with Gasteiger partial charge in [-0.3, -0.25) is 4.90 Å². The van der Waals surface area contributed by atoms with Crippen LogP contribution in [0.5, 0.6) is 5.75 Å². The quantitative estimate of drug-likeness (QED) is 0.691. The highest BCUT2D eigenvalue weighted by atomic mass is 32.1. The van der Waals surface area contributed by atoms with E-state index in [9.17, 15) is 5.11 Å². The molecule has 140 valence electrons. The van der Waals surface area contributed by atoms with Crippen molar-refractivity contribution < 1.29 is 5.11 Å². The van der Waals surface area contributed by atoms with Gasteiger partial charge in [-0.1, -0.05) is 18.2 Å². The number of nitrogens with zero attached hydrogens (tertiary/aromatic N) is 3. The van der Waals surface area contributed by atoms with Crippen LogP contribution in [0.4, 0.5) is 5.82 Å². The Balaban J connectivity index is 1.41. The maximum Gasteiger partial charge on any atom is 0.165 e. The van der Waals surface area contributed by atoms with Crippen LogP contribution in [0.2, 0.25) is 0 Å². The van der Waals surface area contributed by atoms with Crippen LogP contribution in [0.15, 0.2) is 47.8 Å². The Kier molecular flexibility index (Phi) is 5.36. The molecular formula is C21H24N4OS. The lowest BCUT2D eigenvalue weighted by atomic mass is 10.0. The average molecular weight is 381 g/mol. The first kappa shape index (κ1) is 17.9. The highest BCUT2D eigenvalue weighted by Crippen LogP contribution is 2.27. The number of rotatable bonds is 5. The number of likely N-dealkylation sites (tertiary alicyclic amines) is 1. The van der Waals surface area contributed by atoms with Crippen molar-refractivity contribution in [2.24, 2.45) is 0 Å². The molecule has 0 bridgehead atoms. The number of piperidine rings is 1. The first-order chi connectivity index (χ1) is 13.2. The third-order valence-electron chi connectivity index (χ3n) is 4.90. The number of hydrogen-bond acceptors (Lipinski definition) is 6. The number of phenolic OH excluding ortho intramolecular Hbond substituents is 1. The molecule has 1 fully saturated rings. The summed E-state index contributed by atoms with van der Waals surface area (Å²) in [6.45, 7) is 5.19. The first-order valence-corrected chi connectivity index (χ1v) is 10.2. The van der Waals surface area contributed by atoms with E-state index in [2.05, 4.69) is 37.7 Å². The Labute approximate surface area is 163 Å². The van der Waals surface area contributed by atoms with E-state index in [1.807, 2.05) is 36.5 Å². The smallest absolute Gasteiger partial charge is 0.165 e. The van der Waals surface area contributed by atoms with Gasteiger partial charge in [0, 0.05) is 42.3 Å². The van der Waals surface area contributed by atoms with E-state index in [0.717, 1.165) is 44.0 Å². The maximum atomic E-state index is 10.1. The standard InChI is InChI=1S/C21H24N4OS/c1-15-13-20(24-21(22-15)18-6-2-3-7-19(18)26)23-16-8-10-25(11-9-16)14-17-5-4-12-27-17/h2-7,12-13,16,26H,8-11,14H2,1H3,(H,22,23,24). The molecule has 3 aromatic rings. The fourth-order valence-electron chi connectivity index (χ4n) is 3.49. The summed E-state index contributed by atoms with van der Waals surface area (Å²) in [7, 11) is 0. The Morgan fingerprint density at radius 1 is 1.15 bits per heavy atom. The SMILES string of the molecule is Cc1cc(NC2CCN(Cc3cccs3)CC2)nc(-c2ccccc2O)n1. The van der Waals surface area contributed by atoms with Crippen molar-refractivity contribution in [3.63, 3.8) is 0 Å². The van der Waals surface area contributed by atoms with Gasteiger partial charge in [-0.15, -0.1) is 11.3 Å². The molecule has 6 heteroatoms. The monoisotopic (exact) mass is 380 g/mol. The fourth-order valence-corrected chi connectivity index (χ4v) is 4.24. The van der Waals surface area contributed by atoms with Crippen molar-refractivity contribution in [2.75, 3.05) is 18.4 Å². The van der Waals surface area contributed by atoms with Crippen LogP contribution in [0.25, 0.3) is 11.4 Å². The number of aryl methyl sites for hydroxylation is 1. The highest BCUT2D eigenvalue weighted by molar-refractivity contribution is 7.09. The van der Waals surface area contributed by atoms with Crippen molar-refractivity contribution in [2.45, 2.75) is 32.4 Å². The van der Waals surface area contributed by atoms with Crippen molar-refractivity contribution in [1.82, 2.24) is 14.9 Å². The Bertz CT molecular complexity index is 889. The molecule has 0 atom stereocenters. The minimum absolute atomic E-state index is 0.205. The zero-order chi connectivity index (χ0) is 18.6. The normalized spacial score (nSPS) is 15.7. The van der Waals surface area contributed by atoms with Crippen molar-refractivity contribution in [3.8, 4) is 17.1 Å². The number of anilines is 1. The van der Waals surface area contributed by atoms with Crippen LogP contribution < -0.4 is 5.32 Å². The Morgan fingerprint density at radius 2 is 1.96 bits per heavy atom. The number of aromatic nitrogens is 2. The zero-order valence-electron chi connectivity index (χ0n) is 15.4. The summed E-state index contributed by atoms with van der Waals surface area (Å²) in [6.07, 6.45) is 2.20. The topological polar surface area (TPSA) is 61.3 Å². The lowest BCUT2D eigenvalue weighted by Crippen LogP contribution is -2.38. The Morgan fingerprint density at radius 3 is 2.70 bits per heavy atom. The third kappa shape index (κ3) is 4.46. The van der Waals surface area contributed by atoms with Gasteiger partial charge >= 0.3 is 0 Å². The minimum atomic E-state index is 0.205. The van der Waals surface area contributed by atoms with Crippen LogP contribution >= 0.6 is 11.3 Å². The van der Waals surface area contributed by atoms with Gasteiger partial charge in [0.25, 0.3) is 0 Å². The van der Waals surface area contributed by atoms with E-state index in [-0.39, 0.29) is 5.75 Å². The second-order valence-electron chi connectivity index (χ2n) is 7.01. The lowest BCUT2D eigenvalue weighted by Gasteiger charge is -2.32. The van der Waals surface area contributed by atoms with Gasteiger partial charge in [-0.2, -0.15) is 0 Å². The maximum absolute atomic E-state index is 10.1. The van der Waals surface area contributed by atoms with Crippen LogP contribution in [0.1, 0.15) is 23.4 Å². The van der Waals surface area contributed by atoms with Crippen LogP contribution in [0.3, 0.4) is 0 Å². The molecule has 27 heavy (non-hydrogen) atoms. The third-order valence-corrected chi connectivity index (χ3v) is 5.76. The number of hydrogen-bond donors (Lipinski definition) is 2. The van der Waals surface area contributed by atoms with Gasteiger partial charge in [0.05, 0.1) is 5.56 Å². The van der Waals surface area contributed by atoms with Gasteiger partial charge in [-0.05, 0) is 43.3 Å². The van der Waals surface area contributed by atoms with E-state index in [4.69, 9.17) is 0 Å².